The molecule has 3 N–H and O–H groups in total. The van der Waals surface area contributed by atoms with Crippen LogP contribution in [0.1, 0.15) is 24.5 Å². The molecule has 1 aliphatic heterocycles. The van der Waals surface area contributed by atoms with Crippen LogP contribution in [-0.4, -0.2) is 57.3 Å². The highest BCUT2D eigenvalue weighted by Crippen LogP contribution is 2.09. The predicted octanol–water partition coefficient (Wildman–Crippen LogP) is 1.22. The number of benzene rings is 1. The summed E-state index contributed by atoms with van der Waals surface area (Å²) in [6.07, 6.45) is 2.41. The molecule has 1 aromatic rings. The van der Waals surface area contributed by atoms with Crippen LogP contribution < -0.4 is 16.0 Å². The van der Waals surface area contributed by atoms with E-state index in [2.05, 4.69) is 52.0 Å². The molecule has 0 radical (unpaired) electrons. The predicted molar refractivity (Wildman–Crippen MR) is 94.3 cm³/mol. The zero-order valence-electron chi connectivity index (χ0n) is 14.0. The minimum Gasteiger partial charge on any atom is -0.314 e. The van der Waals surface area contributed by atoms with E-state index >= 15 is 0 Å². The maximum atomic E-state index is 3.52. The van der Waals surface area contributed by atoms with Gasteiger partial charge in [-0.15, -0.1) is 0 Å². The van der Waals surface area contributed by atoms with E-state index in [1.807, 2.05) is 0 Å². The highest BCUT2D eigenvalue weighted by Gasteiger charge is 2.06. The minimum atomic E-state index is 1.05. The molecular weight excluding hydrogens is 272 g/mol. The summed E-state index contributed by atoms with van der Waals surface area (Å²) in [4.78, 5) is 2.55. The van der Waals surface area contributed by atoms with E-state index in [-0.39, 0.29) is 0 Å². The first-order chi connectivity index (χ1) is 10.9. The van der Waals surface area contributed by atoms with Gasteiger partial charge >= 0.3 is 0 Å². The second-order valence-corrected chi connectivity index (χ2v) is 6.09. The molecule has 1 heterocycles. The number of hydrogen-bond donors (Lipinski definition) is 3. The molecule has 0 unspecified atom stereocenters. The molecule has 4 heteroatoms. The molecule has 0 aromatic heterocycles. The van der Waals surface area contributed by atoms with Crippen LogP contribution in [0.2, 0.25) is 0 Å². The average molecular weight is 304 g/mol. The molecule has 0 amide bonds. The van der Waals surface area contributed by atoms with Crippen molar-refractivity contribution in [1.29, 1.82) is 0 Å². The van der Waals surface area contributed by atoms with Crippen molar-refractivity contribution in [2.45, 2.75) is 26.3 Å². The number of aryl methyl sites for hydroxylation is 1. The van der Waals surface area contributed by atoms with Crippen LogP contribution in [-0.2, 0) is 13.0 Å². The van der Waals surface area contributed by atoms with Gasteiger partial charge < -0.3 is 16.0 Å². The third-order valence-electron chi connectivity index (χ3n) is 4.13. The highest BCUT2D eigenvalue weighted by molar-refractivity contribution is 5.22. The SMILES string of the molecule is CCCc1ccc(CN2CCNCCNCCNCC2)cc1. The number of rotatable bonds is 4. The van der Waals surface area contributed by atoms with Gasteiger partial charge in [0, 0.05) is 58.9 Å². The molecule has 1 fully saturated rings. The minimum absolute atomic E-state index is 1.05. The number of nitrogens with one attached hydrogen (secondary N) is 3. The van der Waals surface area contributed by atoms with Crippen LogP contribution in [0.4, 0.5) is 0 Å². The molecule has 0 saturated carbocycles. The summed E-state index contributed by atoms with van der Waals surface area (Å²) in [5, 5.41) is 10.5. The van der Waals surface area contributed by atoms with Crippen molar-refractivity contribution >= 4 is 0 Å². The Morgan fingerprint density at radius 2 is 1.27 bits per heavy atom. The third-order valence-corrected chi connectivity index (χ3v) is 4.13. The Morgan fingerprint density at radius 1 is 0.773 bits per heavy atom. The smallest absolute Gasteiger partial charge is 0.0234 e. The second kappa shape index (κ2) is 10.7. The Labute approximate surface area is 135 Å². The van der Waals surface area contributed by atoms with Gasteiger partial charge in [0.2, 0.25) is 0 Å². The largest absolute Gasteiger partial charge is 0.314 e. The van der Waals surface area contributed by atoms with E-state index in [9.17, 15) is 0 Å². The summed E-state index contributed by atoms with van der Waals surface area (Å²) in [6.45, 7) is 11.9. The van der Waals surface area contributed by atoms with E-state index in [1.165, 1.54) is 24.0 Å². The zero-order chi connectivity index (χ0) is 15.5. The van der Waals surface area contributed by atoms with E-state index in [0.29, 0.717) is 0 Å². The van der Waals surface area contributed by atoms with Crippen molar-refractivity contribution in [3.05, 3.63) is 35.4 Å². The number of hydrogen-bond acceptors (Lipinski definition) is 4. The maximum absolute atomic E-state index is 3.52. The summed E-state index contributed by atoms with van der Waals surface area (Å²) < 4.78 is 0. The fourth-order valence-electron chi connectivity index (χ4n) is 2.83. The van der Waals surface area contributed by atoms with Crippen LogP contribution >= 0.6 is 0 Å². The van der Waals surface area contributed by atoms with Gasteiger partial charge in [-0.05, 0) is 17.5 Å². The molecule has 2 rings (SSSR count). The van der Waals surface area contributed by atoms with Crippen molar-refractivity contribution < 1.29 is 0 Å². The molecule has 1 aliphatic rings. The standard InChI is InChI=1S/C18H32N4/c1-2-3-17-4-6-18(7-5-17)16-22-14-12-20-10-8-19-9-11-21-13-15-22/h4-7,19-21H,2-3,8-16H2,1H3. The lowest BCUT2D eigenvalue weighted by Gasteiger charge is -2.24. The molecule has 4 nitrogen and oxygen atoms in total. The normalized spacial score (nSPS) is 19.3. The van der Waals surface area contributed by atoms with Crippen LogP contribution in [0.3, 0.4) is 0 Å². The lowest BCUT2D eigenvalue weighted by molar-refractivity contribution is 0.263. The van der Waals surface area contributed by atoms with Crippen LogP contribution in [0.25, 0.3) is 0 Å². The van der Waals surface area contributed by atoms with Crippen molar-refractivity contribution in [3.8, 4) is 0 Å². The van der Waals surface area contributed by atoms with Gasteiger partial charge in [-0.1, -0.05) is 37.6 Å². The monoisotopic (exact) mass is 304 g/mol. The van der Waals surface area contributed by atoms with E-state index in [1.54, 1.807) is 0 Å². The molecule has 0 spiro atoms. The van der Waals surface area contributed by atoms with Crippen molar-refractivity contribution in [2.75, 3.05) is 52.4 Å². The highest BCUT2D eigenvalue weighted by atomic mass is 15.2. The molecule has 124 valence electrons. The fraction of sp³-hybridized carbons (Fsp3) is 0.667. The first-order valence-corrected chi connectivity index (χ1v) is 8.81. The van der Waals surface area contributed by atoms with Gasteiger partial charge in [0.05, 0.1) is 0 Å². The Hall–Kier alpha value is -0.940. The summed E-state index contributed by atoms with van der Waals surface area (Å²) in [5.41, 5.74) is 2.88. The van der Waals surface area contributed by atoms with Crippen molar-refractivity contribution in [1.82, 2.24) is 20.9 Å². The quantitative estimate of drug-likeness (QED) is 0.782. The summed E-state index contributed by atoms with van der Waals surface area (Å²) >= 11 is 0. The van der Waals surface area contributed by atoms with Gasteiger partial charge in [0.1, 0.15) is 0 Å². The van der Waals surface area contributed by atoms with Crippen LogP contribution in [0.15, 0.2) is 24.3 Å². The van der Waals surface area contributed by atoms with Crippen LogP contribution in [0, 0.1) is 0 Å². The molecule has 22 heavy (non-hydrogen) atoms. The number of nitrogens with zero attached hydrogens (tertiary/aromatic N) is 1. The average Bonchev–Trinajstić information content (AvgIpc) is 2.52. The molecule has 0 bridgehead atoms. The van der Waals surface area contributed by atoms with Crippen molar-refractivity contribution in [3.63, 3.8) is 0 Å². The Balaban J connectivity index is 1.83. The summed E-state index contributed by atoms with van der Waals surface area (Å²) in [7, 11) is 0. The van der Waals surface area contributed by atoms with Gasteiger partial charge in [0.25, 0.3) is 0 Å². The van der Waals surface area contributed by atoms with Crippen molar-refractivity contribution in [2.24, 2.45) is 0 Å². The Kier molecular flexibility index (Phi) is 8.49. The van der Waals surface area contributed by atoms with Gasteiger partial charge in [-0.3, -0.25) is 4.90 Å². The Bertz CT molecular complexity index is 379. The first kappa shape index (κ1) is 17.4. The molecule has 1 aromatic carbocycles. The molecule has 0 atom stereocenters. The Morgan fingerprint density at radius 3 is 1.82 bits per heavy atom. The summed E-state index contributed by atoms with van der Waals surface area (Å²) in [5.74, 6) is 0. The second-order valence-electron chi connectivity index (χ2n) is 6.09. The van der Waals surface area contributed by atoms with E-state index < -0.39 is 0 Å². The molecule has 1 saturated heterocycles. The van der Waals surface area contributed by atoms with Gasteiger partial charge in [0.15, 0.2) is 0 Å². The lowest BCUT2D eigenvalue weighted by atomic mass is 10.1. The first-order valence-electron chi connectivity index (χ1n) is 8.81. The van der Waals surface area contributed by atoms with Gasteiger partial charge in [-0.2, -0.15) is 0 Å². The van der Waals surface area contributed by atoms with Gasteiger partial charge in [-0.25, -0.2) is 0 Å². The van der Waals surface area contributed by atoms with E-state index in [0.717, 1.165) is 58.9 Å². The topological polar surface area (TPSA) is 39.3 Å². The maximum Gasteiger partial charge on any atom is 0.0234 e. The lowest BCUT2D eigenvalue weighted by Crippen LogP contribution is -2.41. The third kappa shape index (κ3) is 6.88. The fourth-order valence-corrected chi connectivity index (χ4v) is 2.83. The zero-order valence-corrected chi connectivity index (χ0v) is 14.0. The molecule has 0 aliphatic carbocycles. The van der Waals surface area contributed by atoms with E-state index in [4.69, 9.17) is 0 Å². The van der Waals surface area contributed by atoms with Crippen LogP contribution in [0.5, 0.6) is 0 Å². The summed E-state index contributed by atoms with van der Waals surface area (Å²) in [6, 6.07) is 9.17. The molecular formula is C18H32N4.